The number of hydrogen-bond donors (Lipinski definition) is 0. The van der Waals surface area contributed by atoms with Crippen molar-refractivity contribution in [3.63, 3.8) is 0 Å². The highest BCUT2D eigenvalue weighted by Crippen LogP contribution is 2.19. The van der Waals surface area contributed by atoms with Gasteiger partial charge in [-0.1, -0.05) is 0 Å². The molecule has 10 nitrogen and oxygen atoms in total. The lowest BCUT2D eigenvalue weighted by Gasteiger charge is -2.23. The first kappa shape index (κ1) is 35.0. The van der Waals surface area contributed by atoms with Crippen molar-refractivity contribution < 1.29 is 47.0 Å². The smallest absolute Gasteiger partial charge is 0.338 e. The number of quaternary nitrogens is 2. The van der Waals surface area contributed by atoms with Crippen LogP contribution in [0.5, 0.6) is 11.5 Å². The second-order valence-electron chi connectivity index (χ2n) is 12.3. The summed E-state index contributed by atoms with van der Waals surface area (Å²) in [4.78, 5) is 24.8. The molecule has 0 saturated carbocycles. The summed E-state index contributed by atoms with van der Waals surface area (Å²) in [5.74, 6) is 0.487. The van der Waals surface area contributed by atoms with E-state index in [1.54, 1.807) is 24.3 Å². The highest BCUT2D eigenvalue weighted by atomic mass is 16.6. The Morgan fingerprint density at radius 2 is 0.881 bits per heavy atom. The number of likely N-dealkylation sites (N-methyl/N-ethyl adjacent to an activating group) is 2. The Balaban J connectivity index is 1.61. The number of nitrogens with zero attached hydrogens (tertiary/aromatic N) is 2. The molecule has 0 amide bonds. The van der Waals surface area contributed by atoms with Crippen LogP contribution in [0.2, 0.25) is 0 Å². The van der Waals surface area contributed by atoms with Gasteiger partial charge in [0, 0.05) is 0 Å². The van der Waals surface area contributed by atoms with Crippen molar-refractivity contribution in [2.45, 2.75) is 13.8 Å². The van der Waals surface area contributed by atoms with Crippen molar-refractivity contribution in [1.82, 2.24) is 0 Å². The first-order valence-electron chi connectivity index (χ1n) is 14.3. The van der Waals surface area contributed by atoms with Crippen LogP contribution in [0.4, 0.5) is 0 Å². The van der Waals surface area contributed by atoms with E-state index in [-0.39, 0.29) is 11.9 Å². The molecule has 2 rings (SSSR count). The van der Waals surface area contributed by atoms with E-state index >= 15 is 0 Å². The Hall–Kier alpha value is -3.18. The van der Waals surface area contributed by atoms with Crippen molar-refractivity contribution in [3.05, 3.63) is 58.7 Å². The number of rotatable bonds is 19. The van der Waals surface area contributed by atoms with Gasteiger partial charge in [-0.25, -0.2) is 9.59 Å². The van der Waals surface area contributed by atoms with Gasteiger partial charge in [-0.2, -0.15) is 0 Å². The molecule has 0 heterocycles. The number of benzene rings is 2. The summed E-state index contributed by atoms with van der Waals surface area (Å²) >= 11 is 0. The van der Waals surface area contributed by atoms with Gasteiger partial charge in [-0.15, -0.1) is 0 Å². The first-order chi connectivity index (χ1) is 19.7. The summed E-state index contributed by atoms with van der Waals surface area (Å²) in [6.45, 7) is 8.28. The van der Waals surface area contributed by atoms with Gasteiger partial charge in [0.05, 0.1) is 79.8 Å². The zero-order valence-corrected chi connectivity index (χ0v) is 26.7. The van der Waals surface area contributed by atoms with Gasteiger partial charge in [-0.05, 0) is 61.4 Å². The third-order valence-corrected chi connectivity index (χ3v) is 5.93. The summed E-state index contributed by atoms with van der Waals surface area (Å²) in [6.07, 6.45) is 0. The Morgan fingerprint density at radius 3 is 1.24 bits per heavy atom. The van der Waals surface area contributed by atoms with Gasteiger partial charge in [-0.3, -0.25) is 0 Å². The molecule has 2 aromatic carbocycles. The van der Waals surface area contributed by atoms with E-state index in [2.05, 4.69) is 0 Å². The van der Waals surface area contributed by atoms with Crippen molar-refractivity contribution in [2.75, 3.05) is 108 Å². The molecule has 0 fully saturated rings. The monoisotopic (exact) mass is 590 g/mol. The Morgan fingerprint density at radius 1 is 0.524 bits per heavy atom. The number of aryl methyl sites for hydroxylation is 2. The Labute approximate surface area is 251 Å². The van der Waals surface area contributed by atoms with Crippen molar-refractivity contribution in [2.24, 2.45) is 0 Å². The molecule has 0 bridgehead atoms. The summed E-state index contributed by atoms with van der Waals surface area (Å²) in [5.41, 5.74) is 2.78. The van der Waals surface area contributed by atoms with Crippen LogP contribution in [0.3, 0.4) is 0 Å². The molecule has 10 heteroatoms. The maximum Gasteiger partial charge on any atom is 0.338 e. The molecule has 42 heavy (non-hydrogen) atoms. The Bertz CT molecular complexity index is 1050. The summed E-state index contributed by atoms with van der Waals surface area (Å²) in [5, 5.41) is 0. The lowest BCUT2D eigenvalue weighted by molar-refractivity contribution is -0.870. The van der Waals surface area contributed by atoms with E-state index in [0.717, 1.165) is 33.2 Å². The summed E-state index contributed by atoms with van der Waals surface area (Å²) in [7, 11) is 12.3. The minimum atomic E-state index is -0.356. The quantitative estimate of drug-likeness (QED) is 0.140. The fraction of sp³-hybridized carbons (Fsp3) is 0.562. The molecular formula is C32H50N2O8+2. The van der Waals surface area contributed by atoms with Crippen LogP contribution in [0.15, 0.2) is 36.4 Å². The van der Waals surface area contributed by atoms with Crippen LogP contribution in [-0.2, 0) is 18.9 Å². The third-order valence-electron chi connectivity index (χ3n) is 5.93. The number of esters is 2. The second-order valence-corrected chi connectivity index (χ2v) is 12.3. The number of carbonyl (C=O) groups is 2. The minimum Gasteiger partial charge on any atom is -0.491 e. The standard InChI is InChI=1S/C32H50N2O8/c1-25-19-27(31(35)41-11-9-33(3,4)5)23-29(21-25)39-17-15-37-13-14-38-16-18-40-30-22-26(2)20-28(24-30)32(36)42-12-10-34(6,7)8/h19-24H,9-18H2,1-8H3/q+2. The molecular weight excluding hydrogens is 540 g/mol. The van der Waals surface area contributed by atoms with E-state index in [1.165, 1.54) is 0 Å². The molecule has 0 unspecified atom stereocenters. The average Bonchev–Trinajstić information content (AvgIpc) is 2.87. The molecule has 0 N–H and O–H groups in total. The van der Waals surface area contributed by atoms with Crippen LogP contribution < -0.4 is 9.47 Å². The number of ether oxygens (including phenoxy) is 6. The molecule has 2 aromatic rings. The van der Waals surface area contributed by atoms with Gasteiger partial charge in [0.2, 0.25) is 0 Å². The van der Waals surface area contributed by atoms with Crippen LogP contribution in [0, 0.1) is 13.8 Å². The van der Waals surface area contributed by atoms with E-state index in [0.29, 0.717) is 75.5 Å². The molecule has 0 aliphatic carbocycles. The van der Waals surface area contributed by atoms with E-state index in [1.807, 2.05) is 68.3 Å². The van der Waals surface area contributed by atoms with Crippen molar-refractivity contribution in [1.29, 1.82) is 0 Å². The van der Waals surface area contributed by atoms with Crippen LogP contribution in [0.1, 0.15) is 31.8 Å². The fourth-order valence-corrected chi connectivity index (χ4v) is 3.65. The molecule has 0 saturated heterocycles. The average molecular weight is 591 g/mol. The molecule has 0 aromatic heterocycles. The van der Waals surface area contributed by atoms with Crippen LogP contribution in [-0.4, -0.2) is 129 Å². The summed E-state index contributed by atoms with van der Waals surface area (Å²) < 4.78 is 35.0. The maximum atomic E-state index is 12.4. The maximum absolute atomic E-state index is 12.4. The van der Waals surface area contributed by atoms with Crippen molar-refractivity contribution >= 4 is 11.9 Å². The van der Waals surface area contributed by atoms with Crippen LogP contribution >= 0.6 is 0 Å². The predicted molar refractivity (Wildman–Crippen MR) is 161 cm³/mol. The normalized spacial score (nSPS) is 11.7. The van der Waals surface area contributed by atoms with Gasteiger partial charge < -0.3 is 37.4 Å². The van der Waals surface area contributed by atoms with E-state index < -0.39 is 0 Å². The molecule has 234 valence electrons. The van der Waals surface area contributed by atoms with Gasteiger partial charge >= 0.3 is 11.9 Å². The molecule has 0 radical (unpaired) electrons. The number of carbonyl (C=O) groups excluding carboxylic acids is 2. The van der Waals surface area contributed by atoms with Gasteiger partial charge in [0.15, 0.2) is 0 Å². The largest absolute Gasteiger partial charge is 0.491 e. The summed E-state index contributed by atoms with van der Waals surface area (Å²) in [6, 6.07) is 10.7. The highest BCUT2D eigenvalue weighted by Gasteiger charge is 2.14. The van der Waals surface area contributed by atoms with Crippen LogP contribution in [0.25, 0.3) is 0 Å². The van der Waals surface area contributed by atoms with Gasteiger partial charge in [0.25, 0.3) is 0 Å². The zero-order valence-electron chi connectivity index (χ0n) is 26.7. The van der Waals surface area contributed by atoms with Crippen molar-refractivity contribution in [3.8, 4) is 11.5 Å². The zero-order chi connectivity index (χ0) is 31.2. The fourth-order valence-electron chi connectivity index (χ4n) is 3.65. The lowest BCUT2D eigenvalue weighted by atomic mass is 10.1. The Kier molecular flexibility index (Phi) is 14.2. The number of hydrogen-bond acceptors (Lipinski definition) is 8. The van der Waals surface area contributed by atoms with Gasteiger partial charge in [0.1, 0.15) is 51.0 Å². The lowest BCUT2D eigenvalue weighted by Crippen LogP contribution is -2.38. The molecule has 0 spiro atoms. The predicted octanol–water partition coefficient (Wildman–Crippen LogP) is 3.52. The second kappa shape index (κ2) is 17.1. The minimum absolute atomic E-state index is 0.343. The molecule has 0 atom stereocenters. The first-order valence-corrected chi connectivity index (χ1v) is 14.3. The highest BCUT2D eigenvalue weighted by molar-refractivity contribution is 5.90. The molecule has 0 aliphatic heterocycles. The SMILES string of the molecule is Cc1cc(OCCOCCOCCOc2cc(C)cc(C(=O)OCC[N+](C)(C)C)c2)cc(C(=O)OCC[N+](C)(C)C)c1. The van der Waals surface area contributed by atoms with E-state index in [4.69, 9.17) is 28.4 Å². The topological polar surface area (TPSA) is 89.5 Å². The van der Waals surface area contributed by atoms with E-state index in [9.17, 15) is 9.59 Å². The molecule has 0 aliphatic rings. The third kappa shape index (κ3) is 15.2.